The number of rotatable bonds is 7. The Morgan fingerprint density at radius 1 is 1.32 bits per heavy atom. The van der Waals surface area contributed by atoms with Crippen molar-refractivity contribution in [2.24, 2.45) is 0 Å². The zero-order valence-electron chi connectivity index (χ0n) is 14.7. The first kappa shape index (κ1) is 17.9. The van der Waals surface area contributed by atoms with E-state index in [1.165, 1.54) is 17.3 Å². The number of hydrogen-bond acceptors (Lipinski definition) is 5. The first-order valence-corrected chi connectivity index (χ1v) is 9.52. The van der Waals surface area contributed by atoms with Crippen molar-refractivity contribution in [1.82, 2.24) is 19.7 Å². The molecule has 0 N–H and O–H groups in total. The van der Waals surface area contributed by atoms with Crippen molar-refractivity contribution in [2.75, 3.05) is 26.5 Å². The zero-order valence-corrected chi connectivity index (χ0v) is 15.5. The van der Waals surface area contributed by atoms with Crippen LogP contribution in [0, 0.1) is 0 Å². The average Bonchev–Trinajstić information content (AvgIpc) is 3.25. The molecule has 0 saturated carbocycles. The van der Waals surface area contributed by atoms with E-state index in [0.29, 0.717) is 5.75 Å². The van der Waals surface area contributed by atoms with E-state index < -0.39 is 0 Å². The average molecular weight is 360 g/mol. The Kier molecular flexibility index (Phi) is 6.09. The highest BCUT2D eigenvalue weighted by atomic mass is 32.2. The fourth-order valence-electron chi connectivity index (χ4n) is 2.77. The van der Waals surface area contributed by atoms with Crippen LogP contribution in [-0.4, -0.2) is 58.1 Å². The molecule has 1 atom stereocenters. The van der Waals surface area contributed by atoms with Crippen LogP contribution in [-0.2, 0) is 22.5 Å². The SMILES string of the molecule is CN(C)C(=O)CSc1nnc(Cc2ccccc2)n1C[C@H]1CCCO1. The van der Waals surface area contributed by atoms with Gasteiger partial charge in [0.05, 0.1) is 18.4 Å². The lowest BCUT2D eigenvalue weighted by atomic mass is 10.1. The van der Waals surface area contributed by atoms with Gasteiger partial charge >= 0.3 is 0 Å². The van der Waals surface area contributed by atoms with Gasteiger partial charge in [-0.05, 0) is 18.4 Å². The smallest absolute Gasteiger partial charge is 0.232 e. The van der Waals surface area contributed by atoms with Gasteiger partial charge in [0.25, 0.3) is 0 Å². The lowest BCUT2D eigenvalue weighted by molar-refractivity contribution is -0.125. The number of nitrogens with zero attached hydrogens (tertiary/aromatic N) is 4. The largest absolute Gasteiger partial charge is 0.376 e. The molecule has 1 amide bonds. The Hall–Kier alpha value is -1.86. The second kappa shape index (κ2) is 8.49. The number of ether oxygens (including phenoxy) is 1. The zero-order chi connectivity index (χ0) is 17.6. The molecule has 1 saturated heterocycles. The summed E-state index contributed by atoms with van der Waals surface area (Å²) in [5.74, 6) is 1.35. The molecule has 2 aromatic rings. The molecule has 0 spiro atoms. The van der Waals surface area contributed by atoms with E-state index in [2.05, 4.69) is 26.9 Å². The van der Waals surface area contributed by atoms with Gasteiger partial charge in [0.15, 0.2) is 5.16 Å². The predicted octanol–water partition coefficient (Wildman–Crippen LogP) is 2.23. The predicted molar refractivity (Wildman–Crippen MR) is 97.7 cm³/mol. The molecule has 3 rings (SSSR count). The molecule has 0 unspecified atom stereocenters. The molecule has 2 heterocycles. The van der Waals surface area contributed by atoms with Crippen molar-refractivity contribution in [3.8, 4) is 0 Å². The van der Waals surface area contributed by atoms with Gasteiger partial charge in [-0.15, -0.1) is 10.2 Å². The first-order chi connectivity index (χ1) is 12.1. The summed E-state index contributed by atoms with van der Waals surface area (Å²) in [4.78, 5) is 13.5. The second-order valence-corrected chi connectivity index (χ2v) is 7.33. The quantitative estimate of drug-likeness (QED) is 0.709. The van der Waals surface area contributed by atoms with Gasteiger partial charge in [-0.25, -0.2) is 0 Å². The minimum Gasteiger partial charge on any atom is -0.376 e. The molecule has 6 nitrogen and oxygen atoms in total. The minimum atomic E-state index is 0.0706. The van der Waals surface area contributed by atoms with Crippen molar-refractivity contribution in [1.29, 1.82) is 0 Å². The maximum Gasteiger partial charge on any atom is 0.232 e. The highest BCUT2D eigenvalue weighted by molar-refractivity contribution is 7.99. The summed E-state index contributed by atoms with van der Waals surface area (Å²) < 4.78 is 7.91. The molecule has 1 aliphatic rings. The maximum absolute atomic E-state index is 11.9. The number of carbonyl (C=O) groups is 1. The Bertz CT molecular complexity index is 696. The van der Waals surface area contributed by atoms with Crippen LogP contribution in [0.15, 0.2) is 35.5 Å². The molecule has 1 aromatic carbocycles. The van der Waals surface area contributed by atoms with Crippen LogP contribution < -0.4 is 0 Å². The first-order valence-electron chi connectivity index (χ1n) is 8.54. The lowest BCUT2D eigenvalue weighted by Crippen LogP contribution is -2.24. The monoisotopic (exact) mass is 360 g/mol. The number of hydrogen-bond donors (Lipinski definition) is 0. The Morgan fingerprint density at radius 3 is 2.80 bits per heavy atom. The van der Waals surface area contributed by atoms with Crippen LogP contribution >= 0.6 is 11.8 Å². The summed E-state index contributed by atoms with van der Waals surface area (Å²) >= 11 is 1.44. The van der Waals surface area contributed by atoms with Gasteiger partial charge in [-0.3, -0.25) is 4.79 Å². The maximum atomic E-state index is 11.9. The molecule has 7 heteroatoms. The third kappa shape index (κ3) is 4.83. The van der Waals surface area contributed by atoms with E-state index >= 15 is 0 Å². The summed E-state index contributed by atoms with van der Waals surface area (Å²) in [6.45, 7) is 1.57. The molecule has 0 bridgehead atoms. The second-order valence-electron chi connectivity index (χ2n) is 6.38. The normalized spacial score (nSPS) is 17.0. The van der Waals surface area contributed by atoms with Crippen LogP contribution in [0.1, 0.15) is 24.2 Å². The van der Waals surface area contributed by atoms with Crippen LogP contribution in [0.4, 0.5) is 0 Å². The van der Waals surface area contributed by atoms with Gasteiger partial charge in [0.2, 0.25) is 5.91 Å². The minimum absolute atomic E-state index is 0.0706. The van der Waals surface area contributed by atoms with Crippen molar-refractivity contribution in [3.05, 3.63) is 41.7 Å². The molecule has 134 valence electrons. The third-order valence-corrected chi connectivity index (χ3v) is 5.18. The Labute approximate surface area is 152 Å². The summed E-state index contributed by atoms with van der Waals surface area (Å²) in [5.41, 5.74) is 1.20. The molecule has 1 aromatic heterocycles. The topological polar surface area (TPSA) is 60.2 Å². The standard InChI is InChI=1S/C18H24N4O2S/c1-21(2)17(23)13-25-18-20-19-16(11-14-7-4-3-5-8-14)22(18)12-15-9-6-10-24-15/h3-5,7-8,15H,6,9-13H2,1-2H3/t15-/m1/s1. The molecule has 0 aliphatic carbocycles. The van der Waals surface area contributed by atoms with Gasteiger partial charge in [0, 0.05) is 27.1 Å². The molecule has 1 fully saturated rings. The third-order valence-electron chi connectivity index (χ3n) is 4.23. The highest BCUT2D eigenvalue weighted by Crippen LogP contribution is 2.22. The lowest BCUT2D eigenvalue weighted by Gasteiger charge is -2.15. The Balaban J connectivity index is 1.77. The Morgan fingerprint density at radius 2 is 2.12 bits per heavy atom. The number of aromatic nitrogens is 3. The van der Waals surface area contributed by atoms with E-state index in [0.717, 1.165) is 43.4 Å². The number of benzene rings is 1. The van der Waals surface area contributed by atoms with Crippen LogP contribution in [0.3, 0.4) is 0 Å². The molecular weight excluding hydrogens is 336 g/mol. The van der Waals surface area contributed by atoms with Crippen LogP contribution in [0.2, 0.25) is 0 Å². The number of amides is 1. The summed E-state index contributed by atoms with van der Waals surface area (Å²) in [6, 6.07) is 10.2. The molecule has 1 aliphatic heterocycles. The van der Waals surface area contributed by atoms with Gasteiger partial charge in [0.1, 0.15) is 5.82 Å². The van der Waals surface area contributed by atoms with Crippen molar-refractivity contribution in [3.63, 3.8) is 0 Å². The van der Waals surface area contributed by atoms with E-state index in [1.807, 2.05) is 18.2 Å². The molecule has 0 radical (unpaired) electrons. The summed E-state index contributed by atoms with van der Waals surface area (Å²) in [7, 11) is 3.53. The van der Waals surface area contributed by atoms with Gasteiger partial charge in [-0.1, -0.05) is 42.1 Å². The number of carbonyl (C=O) groups excluding carboxylic acids is 1. The van der Waals surface area contributed by atoms with Gasteiger partial charge < -0.3 is 14.2 Å². The van der Waals surface area contributed by atoms with Crippen molar-refractivity contribution < 1.29 is 9.53 Å². The van der Waals surface area contributed by atoms with Crippen LogP contribution in [0.5, 0.6) is 0 Å². The van der Waals surface area contributed by atoms with E-state index in [-0.39, 0.29) is 12.0 Å². The fraction of sp³-hybridized carbons (Fsp3) is 0.500. The van der Waals surface area contributed by atoms with Crippen molar-refractivity contribution in [2.45, 2.75) is 37.1 Å². The fourth-order valence-corrected chi connectivity index (χ4v) is 3.71. The number of thioether (sulfide) groups is 1. The van der Waals surface area contributed by atoms with Crippen LogP contribution in [0.25, 0.3) is 0 Å². The van der Waals surface area contributed by atoms with E-state index in [4.69, 9.17) is 4.74 Å². The van der Waals surface area contributed by atoms with E-state index in [1.54, 1.807) is 19.0 Å². The van der Waals surface area contributed by atoms with E-state index in [9.17, 15) is 4.79 Å². The van der Waals surface area contributed by atoms with Crippen molar-refractivity contribution >= 4 is 17.7 Å². The molecule has 25 heavy (non-hydrogen) atoms. The highest BCUT2D eigenvalue weighted by Gasteiger charge is 2.21. The molecular formula is C18H24N4O2S. The summed E-state index contributed by atoms with van der Waals surface area (Å²) in [5, 5.41) is 9.51. The summed E-state index contributed by atoms with van der Waals surface area (Å²) in [6.07, 6.45) is 3.09. The van der Waals surface area contributed by atoms with Gasteiger partial charge in [-0.2, -0.15) is 0 Å².